The second-order valence-electron chi connectivity index (χ2n) is 9.45. The number of nitrogens with zero attached hydrogens (tertiary/aromatic N) is 5. The molecule has 3 aromatic rings. The number of halogens is 5. The van der Waals surface area contributed by atoms with Crippen molar-refractivity contribution in [2.75, 3.05) is 28.2 Å². The molecule has 0 aliphatic carbocycles. The first-order valence-electron chi connectivity index (χ1n) is 12.8. The van der Waals surface area contributed by atoms with Gasteiger partial charge < -0.3 is 10.2 Å². The highest BCUT2D eigenvalue weighted by Crippen LogP contribution is 2.38. The van der Waals surface area contributed by atoms with Gasteiger partial charge in [-0.05, 0) is 50.1 Å². The molecule has 0 spiro atoms. The van der Waals surface area contributed by atoms with Crippen molar-refractivity contribution in [3.63, 3.8) is 0 Å². The molecule has 0 saturated carbocycles. The Labute approximate surface area is 243 Å². The summed E-state index contributed by atoms with van der Waals surface area (Å²) < 4.78 is 69.2. The second-order valence-corrected chi connectivity index (χ2v) is 9.45. The number of nitriles is 1. The van der Waals surface area contributed by atoms with Crippen LogP contribution in [-0.4, -0.2) is 40.9 Å². The maximum absolute atomic E-state index is 14.2. The molecule has 0 unspecified atom stereocenters. The average Bonchev–Trinajstić information content (AvgIpc) is 3.46. The Bertz CT molecular complexity index is 1690. The van der Waals surface area contributed by atoms with E-state index in [0.29, 0.717) is 17.7 Å². The van der Waals surface area contributed by atoms with E-state index in [0.717, 1.165) is 29.2 Å². The number of benzene rings is 1. The molecule has 2 amide bonds. The number of hydrogen-bond donors (Lipinski definition) is 1. The highest BCUT2D eigenvalue weighted by molar-refractivity contribution is 6.00. The van der Waals surface area contributed by atoms with E-state index in [1.165, 1.54) is 36.4 Å². The quantitative estimate of drug-likeness (QED) is 0.241. The fraction of sp³-hybridized carbons (Fsp3) is 0.233. The maximum atomic E-state index is 14.2. The normalized spacial score (nSPS) is 14.3. The number of carbonyl (C=O) groups is 2. The Hall–Kier alpha value is -5.30. The van der Waals surface area contributed by atoms with Crippen LogP contribution < -0.4 is 15.1 Å². The van der Waals surface area contributed by atoms with E-state index < -0.39 is 46.8 Å². The van der Waals surface area contributed by atoms with Gasteiger partial charge in [0.05, 0.1) is 24.0 Å². The van der Waals surface area contributed by atoms with Crippen LogP contribution in [0, 0.1) is 41.7 Å². The van der Waals surface area contributed by atoms with Gasteiger partial charge in [0.15, 0.2) is 11.6 Å². The van der Waals surface area contributed by atoms with Crippen molar-refractivity contribution >= 4 is 29.0 Å². The van der Waals surface area contributed by atoms with Crippen LogP contribution in [0.4, 0.5) is 39.1 Å². The number of hydrogen-bond acceptors (Lipinski definition) is 6. The smallest absolute Gasteiger partial charge is 0.343 e. The van der Waals surface area contributed by atoms with Gasteiger partial charge in [0, 0.05) is 35.8 Å². The minimum Gasteiger partial charge on any atom is -0.343 e. The minimum absolute atomic E-state index is 0.00266. The molecule has 2 aromatic heterocycles. The molecule has 1 aromatic carbocycles. The van der Waals surface area contributed by atoms with E-state index in [4.69, 9.17) is 0 Å². The third-order valence-corrected chi connectivity index (χ3v) is 6.50. The molecule has 0 bridgehead atoms. The van der Waals surface area contributed by atoms with Crippen LogP contribution in [0.25, 0.3) is 0 Å². The predicted octanol–water partition coefficient (Wildman–Crippen LogP) is 5.13. The van der Waals surface area contributed by atoms with Crippen molar-refractivity contribution in [3.05, 3.63) is 89.4 Å². The SMILES string of the molecule is C=CC(=O)Nc1cncc(C#CCN(C(=O)[C@@H]2CCCN2c2nc(C)cc(C(F)(F)F)c2C#N)c2ccc(F)c(F)c2)c1. The summed E-state index contributed by atoms with van der Waals surface area (Å²) in [5, 5.41) is 12.2. The van der Waals surface area contributed by atoms with Crippen LogP contribution in [0.1, 0.15) is 35.2 Å². The van der Waals surface area contributed by atoms with Crippen molar-refractivity contribution < 1.29 is 31.5 Å². The molecule has 1 N–H and O–H groups in total. The Morgan fingerprint density at radius 2 is 1.98 bits per heavy atom. The number of rotatable bonds is 6. The fourth-order valence-electron chi connectivity index (χ4n) is 4.60. The Kier molecular flexibility index (Phi) is 9.05. The minimum atomic E-state index is -4.83. The second kappa shape index (κ2) is 12.7. The average molecular weight is 595 g/mol. The first-order valence-corrected chi connectivity index (χ1v) is 12.8. The third-order valence-electron chi connectivity index (χ3n) is 6.50. The highest BCUT2D eigenvalue weighted by Gasteiger charge is 2.40. The summed E-state index contributed by atoms with van der Waals surface area (Å²) in [6.45, 7) is 4.53. The van der Waals surface area contributed by atoms with E-state index in [9.17, 15) is 36.8 Å². The molecule has 1 fully saturated rings. The molecule has 220 valence electrons. The monoisotopic (exact) mass is 594 g/mol. The molecule has 3 heterocycles. The number of alkyl halides is 3. The molecule has 1 aliphatic rings. The standard InChI is InChI=1S/C30H23F5N6O2/c1-3-27(42)39-20-13-19(16-37-17-20)6-4-10-40(21-8-9-24(31)25(32)14-21)29(43)26-7-5-11-41(26)28-22(15-36)23(30(33,34)35)12-18(2)38-28/h3,8-9,12-14,16-17,26H,1,5,7,10-11H2,2H3,(H,39,42)/t26-/m0/s1. The van der Waals surface area contributed by atoms with E-state index in [1.54, 1.807) is 6.07 Å². The molecule has 1 saturated heterocycles. The van der Waals surface area contributed by atoms with Gasteiger partial charge in [0.2, 0.25) is 5.91 Å². The molecule has 8 nitrogen and oxygen atoms in total. The van der Waals surface area contributed by atoms with Crippen LogP contribution in [0.3, 0.4) is 0 Å². The van der Waals surface area contributed by atoms with E-state index >= 15 is 0 Å². The molecule has 43 heavy (non-hydrogen) atoms. The summed E-state index contributed by atoms with van der Waals surface area (Å²) >= 11 is 0. The number of amides is 2. The van der Waals surface area contributed by atoms with Gasteiger partial charge in [0.25, 0.3) is 5.91 Å². The van der Waals surface area contributed by atoms with Crippen molar-refractivity contribution in [1.29, 1.82) is 5.26 Å². The lowest BCUT2D eigenvalue weighted by Crippen LogP contribution is -2.47. The summed E-state index contributed by atoms with van der Waals surface area (Å²) in [6.07, 6.45) is -0.373. The zero-order valence-corrected chi connectivity index (χ0v) is 22.7. The fourth-order valence-corrected chi connectivity index (χ4v) is 4.60. The van der Waals surface area contributed by atoms with Gasteiger partial charge in [-0.15, -0.1) is 0 Å². The number of nitrogens with one attached hydrogen (secondary N) is 1. The van der Waals surface area contributed by atoms with Crippen molar-refractivity contribution in [3.8, 4) is 17.9 Å². The lowest BCUT2D eigenvalue weighted by Gasteiger charge is -2.31. The molecule has 13 heteroatoms. The number of aryl methyl sites for hydroxylation is 1. The zero-order chi connectivity index (χ0) is 31.3. The van der Waals surface area contributed by atoms with Crippen LogP contribution in [0.5, 0.6) is 0 Å². The Morgan fingerprint density at radius 3 is 2.65 bits per heavy atom. The van der Waals surface area contributed by atoms with Gasteiger partial charge in [-0.1, -0.05) is 18.4 Å². The first-order chi connectivity index (χ1) is 20.4. The number of aromatic nitrogens is 2. The topological polar surface area (TPSA) is 102 Å². The highest BCUT2D eigenvalue weighted by atomic mass is 19.4. The summed E-state index contributed by atoms with van der Waals surface area (Å²) in [7, 11) is 0. The van der Waals surface area contributed by atoms with Gasteiger partial charge >= 0.3 is 6.18 Å². The van der Waals surface area contributed by atoms with E-state index in [1.807, 2.05) is 0 Å². The predicted molar refractivity (Wildman–Crippen MR) is 148 cm³/mol. The van der Waals surface area contributed by atoms with Gasteiger partial charge in [-0.3, -0.25) is 19.5 Å². The maximum Gasteiger partial charge on any atom is 0.417 e. The zero-order valence-electron chi connectivity index (χ0n) is 22.7. The van der Waals surface area contributed by atoms with E-state index in [-0.39, 0.29) is 36.7 Å². The molecule has 1 aliphatic heterocycles. The largest absolute Gasteiger partial charge is 0.417 e. The number of anilines is 3. The summed E-state index contributed by atoms with van der Waals surface area (Å²) in [5.74, 6) is 1.80. The lowest BCUT2D eigenvalue weighted by molar-refractivity contribution is -0.137. The van der Waals surface area contributed by atoms with Crippen molar-refractivity contribution in [1.82, 2.24) is 9.97 Å². The van der Waals surface area contributed by atoms with Crippen molar-refractivity contribution in [2.24, 2.45) is 0 Å². The molecular weight excluding hydrogens is 571 g/mol. The van der Waals surface area contributed by atoms with Crippen LogP contribution in [0.2, 0.25) is 0 Å². The molecule has 1 atom stereocenters. The summed E-state index contributed by atoms with van der Waals surface area (Å²) in [5.41, 5.74) is -1.22. The van der Waals surface area contributed by atoms with Crippen LogP contribution in [-0.2, 0) is 15.8 Å². The van der Waals surface area contributed by atoms with Crippen LogP contribution in [0.15, 0.2) is 55.4 Å². The van der Waals surface area contributed by atoms with E-state index in [2.05, 4.69) is 33.7 Å². The Balaban J connectivity index is 1.70. The lowest BCUT2D eigenvalue weighted by atomic mass is 10.1. The van der Waals surface area contributed by atoms with Gasteiger partial charge in [-0.2, -0.15) is 18.4 Å². The molecule has 4 rings (SSSR count). The summed E-state index contributed by atoms with van der Waals surface area (Å²) in [4.78, 5) is 36.1. The first kappa shape index (κ1) is 30.7. The number of carbonyl (C=O) groups excluding carboxylic acids is 2. The van der Waals surface area contributed by atoms with Crippen molar-refractivity contribution in [2.45, 2.75) is 32.0 Å². The van der Waals surface area contributed by atoms with Crippen LogP contribution >= 0.6 is 0 Å². The Morgan fingerprint density at radius 1 is 1.21 bits per heavy atom. The molecule has 0 radical (unpaired) electrons. The summed E-state index contributed by atoms with van der Waals surface area (Å²) in [6, 6.07) is 5.63. The van der Waals surface area contributed by atoms with Gasteiger partial charge in [-0.25, -0.2) is 13.8 Å². The molecular formula is C30H23F5N6O2. The van der Waals surface area contributed by atoms with Gasteiger partial charge in [0.1, 0.15) is 23.5 Å². The number of pyridine rings is 2. The third kappa shape index (κ3) is 6.96.